The van der Waals surface area contributed by atoms with Crippen LogP contribution in [0.5, 0.6) is 0 Å². The molecule has 0 spiro atoms. The van der Waals surface area contributed by atoms with Crippen molar-refractivity contribution >= 4 is 48.9 Å². The molecular weight excluding hydrogens is 416 g/mol. The molecule has 28 heavy (non-hydrogen) atoms. The predicted octanol–water partition coefficient (Wildman–Crippen LogP) is 4.28. The molecule has 0 unspecified atom stereocenters. The van der Waals surface area contributed by atoms with E-state index >= 15 is 0 Å². The summed E-state index contributed by atoms with van der Waals surface area (Å²) in [6.45, 7) is 6.43. The Hall–Kier alpha value is -1.96. The summed E-state index contributed by atoms with van der Waals surface area (Å²) in [5.41, 5.74) is 2.88. The van der Waals surface area contributed by atoms with Crippen LogP contribution < -0.4 is 4.80 Å². The van der Waals surface area contributed by atoms with Crippen LogP contribution in [-0.2, 0) is 21.2 Å². The van der Waals surface area contributed by atoms with Crippen molar-refractivity contribution < 1.29 is 13.2 Å². The van der Waals surface area contributed by atoms with Crippen LogP contribution in [0.4, 0.5) is 0 Å². The van der Waals surface area contributed by atoms with Crippen LogP contribution in [0.1, 0.15) is 24.5 Å². The largest absolute Gasteiger partial charge is 0.316 e. The van der Waals surface area contributed by atoms with Gasteiger partial charge in [-0.05, 0) is 50.6 Å². The maximum atomic E-state index is 12.4. The van der Waals surface area contributed by atoms with Crippen molar-refractivity contribution in [1.82, 2.24) is 4.57 Å². The first-order valence-corrected chi connectivity index (χ1v) is 11.7. The first kappa shape index (κ1) is 20.8. The fraction of sp³-hybridized carbons (Fsp3) is 0.300. The third-order valence-corrected chi connectivity index (χ3v) is 7.72. The number of aromatic nitrogens is 1. The number of benzene rings is 2. The zero-order chi connectivity index (χ0) is 20.5. The van der Waals surface area contributed by atoms with Crippen molar-refractivity contribution in [3.8, 4) is 0 Å². The highest BCUT2D eigenvalue weighted by Gasteiger charge is 2.17. The van der Waals surface area contributed by atoms with Gasteiger partial charge in [-0.15, -0.1) is 0 Å². The highest BCUT2D eigenvalue weighted by atomic mass is 35.5. The summed E-state index contributed by atoms with van der Waals surface area (Å²) in [5, 5.41) is 0.662. The van der Waals surface area contributed by atoms with Crippen LogP contribution in [0.15, 0.2) is 46.3 Å². The van der Waals surface area contributed by atoms with Gasteiger partial charge in [0.1, 0.15) is 0 Å². The van der Waals surface area contributed by atoms with Crippen molar-refractivity contribution in [2.75, 3.05) is 5.75 Å². The molecular formula is C20H21ClN2O3S2. The molecule has 1 aromatic heterocycles. The molecule has 0 N–H and O–H groups in total. The van der Waals surface area contributed by atoms with Crippen LogP contribution >= 0.6 is 22.9 Å². The van der Waals surface area contributed by atoms with Gasteiger partial charge in [0.15, 0.2) is 14.6 Å². The smallest absolute Gasteiger partial charge is 0.249 e. The lowest BCUT2D eigenvalue weighted by Crippen LogP contribution is -2.18. The van der Waals surface area contributed by atoms with Gasteiger partial charge in [-0.25, -0.2) is 8.42 Å². The normalized spacial score (nSPS) is 12.6. The van der Waals surface area contributed by atoms with E-state index in [4.69, 9.17) is 11.6 Å². The Labute approximate surface area is 173 Å². The van der Waals surface area contributed by atoms with E-state index in [1.165, 1.54) is 11.3 Å². The molecule has 8 heteroatoms. The van der Waals surface area contributed by atoms with Gasteiger partial charge in [-0.3, -0.25) is 4.79 Å². The van der Waals surface area contributed by atoms with E-state index in [0.717, 1.165) is 21.3 Å². The number of nitrogens with zero attached hydrogens (tertiary/aromatic N) is 2. The molecule has 3 rings (SSSR count). The van der Waals surface area contributed by atoms with Gasteiger partial charge in [0.05, 0.1) is 20.9 Å². The van der Waals surface area contributed by atoms with Crippen molar-refractivity contribution in [3.63, 3.8) is 0 Å². The number of amides is 1. The first-order chi connectivity index (χ1) is 13.2. The average molecular weight is 437 g/mol. The molecule has 3 aromatic rings. The molecule has 0 saturated heterocycles. The summed E-state index contributed by atoms with van der Waals surface area (Å²) in [7, 11) is -3.52. The maximum absolute atomic E-state index is 12.4. The fourth-order valence-electron chi connectivity index (χ4n) is 2.94. The molecule has 0 radical (unpaired) electrons. The van der Waals surface area contributed by atoms with Crippen molar-refractivity contribution in [3.05, 3.63) is 57.3 Å². The first-order valence-electron chi connectivity index (χ1n) is 8.88. The predicted molar refractivity (Wildman–Crippen MR) is 114 cm³/mol. The van der Waals surface area contributed by atoms with Crippen LogP contribution in [0.2, 0.25) is 5.02 Å². The second-order valence-corrected chi connectivity index (χ2v) is 10.1. The SMILES string of the molecule is CCn1c(=NC(=O)CCS(=O)(=O)c2ccc(C)cc2)sc2ccc(Cl)c(C)c21. The number of thiazole rings is 1. The van der Waals surface area contributed by atoms with E-state index in [1.54, 1.807) is 24.3 Å². The van der Waals surface area contributed by atoms with Crippen molar-refractivity contribution in [2.24, 2.45) is 4.99 Å². The Morgan fingerprint density at radius 2 is 1.82 bits per heavy atom. The lowest BCUT2D eigenvalue weighted by molar-refractivity contribution is -0.117. The van der Waals surface area contributed by atoms with Crippen LogP contribution in [0.3, 0.4) is 0 Å². The zero-order valence-electron chi connectivity index (χ0n) is 15.9. The van der Waals surface area contributed by atoms with E-state index in [-0.39, 0.29) is 17.1 Å². The van der Waals surface area contributed by atoms with E-state index in [2.05, 4.69) is 4.99 Å². The van der Waals surface area contributed by atoms with E-state index in [9.17, 15) is 13.2 Å². The lowest BCUT2D eigenvalue weighted by Gasteiger charge is -2.05. The Kier molecular flexibility index (Phi) is 6.07. The Bertz CT molecular complexity index is 1210. The zero-order valence-corrected chi connectivity index (χ0v) is 18.3. The lowest BCUT2D eigenvalue weighted by atomic mass is 10.2. The minimum atomic E-state index is -3.52. The van der Waals surface area contributed by atoms with Gasteiger partial charge in [0, 0.05) is 18.0 Å². The molecule has 5 nitrogen and oxygen atoms in total. The van der Waals surface area contributed by atoms with Crippen LogP contribution in [-0.4, -0.2) is 24.6 Å². The van der Waals surface area contributed by atoms with Gasteiger partial charge in [0.25, 0.3) is 0 Å². The van der Waals surface area contributed by atoms with Crippen LogP contribution in [0, 0.1) is 13.8 Å². The minimum absolute atomic E-state index is 0.159. The van der Waals surface area contributed by atoms with E-state index in [0.29, 0.717) is 16.4 Å². The second kappa shape index (κ2) is 8.19. The number of rotatable bonds is 5. The molecule has 148 valence electrons. The summed E-state index contributed by atoms with van der Waals surface area (Å²) >= 11 is 7.62. The van der Waals surface area contributed by atoms with Gasteiger partial charge in [0.2, 0.25) is 5.91 Å². The number of aryl methyl sites for hydroxylation is 3. The number of fused-ring (bicyclic) bond motifs is 1. The Morgan fingerprint density at radius 3 is 2.46 bits per heavy atom. The average Bonchev–Trinajstić information content (AvgIpc) is 3.01. The quantitative estimate of drug-likeness (QED) is 0.599. The molecule has 2 aromatic carbocycles. The van der Waals surface area contributed by atoms with Gasteiger partial charge < -0.3 is 4.57 Å². The van der Waals surface area contributed by atoms with E-state index in [1.807, 2.05) is 37.5 Å². The molecule has 1 amide bonds. The molecule has 0 bridgehead atoms. The number of halogens is 1. The standard InChI is InChI=1S/C20H21ClN2O3S2/c1-4-23-19-14(3)16(21)9-10-17(19)27-20(23)22-18(24)11-12-28(25,26)15-7-5-13(2)6-8-15/h5-10H,4,11-12H2,1-3H3. The van der Waals surface area contributed by atoms with E-state index < -0.39 is 15.7 Å². The topological polar surface area (TPSA) is 68.5 Å². The monoisotopic (exact) mass is 436 g/mol. The molecule has 0 fully saturated rings. The second-order valence-electron chi connectivity index (χ2n) is 6.54. The number of hydrogen-bond acceptors (Lipinski definition) is 4. The highest BCUT2D eigenvalue weighted by Crippen LogP contribution is 2.27. The Balaban J connectivity index is 1.87. The number of sulfone groups is 1. The van der Waals surface area contributed by atoms with Crippen molar-refractivity contribution in [2.45, 2.75) is 38.6 Å². The van der Waals surface area contributed by atoms with Gasteiger partial charge in [-0.2, -0.15) is 4.99 Å². The summed E-state index contributed by atoms with van der Waals surface area (Å²) in [4.78, 5) is 17.3. The summed E-state index contributed by atoms with van der Waals surface area (Å²) in [6, 6.07) is 10.4. The third-order valence-electron chi connectivity index (χ3n) is 4.53. The molecule has 0 saturated carbocycles. The molecule has 0 aliphatic rings. The van der Waals surface area contributed by atoms with Crippen LogP contribution in [0.25, 0.3) is 10.2 Å². The number of hydrogen-bond donors (Lipinski definition) is 0. The number of carbonyl (C=O) groups excluding carboxylic acids is 1. The molecule has 1 heterocycles. The minimum Gasteiger partial charge on any atom is -0.316 e. The number of carbonyl (C=O) groups is 1. The van der Waals surface area contributed by atoms with Gasteiger partial charge >= 0.3 is 0 Å². The van der Waals surface area contributed by atoms with Gasteiger partial charge in [-0.1, -0.05) is 40.6 Å². The highest BCUT2D eigenvalue weighted by molar-refractivity contribution is 7.91. The summed E-state index contributed by atoms with van der Waals surface area (Å²) in [5.74, 6) is -0.714. The third kappa shape index (κ3) is 4.21. The molecule has 0 aliphatic heterocycles. The van der Waals surface area contributed by atoms with Crippen molar-refractivity contribution in [1.29, 1.82) is 0 Å². The molecule has 0 aliphatic carbocycles. The summed E-state index contributed by atoms with van der Waals surface area (Å²) < 4.78 is 27.8. The fourth-order valence-corrected chi connectivity index (χ4v) is 5.49. The Morgan fingerprint density at radius 1 is 1.14 bits per heavy atom. The molecule has 0 atom stereocenters. The summed E-state index contributed by atoms with van der Waals surface area (Å²) in [6.07, 6.45) is -0.159. The maximum Gasteiger partial charge on any atom is 0.249 e.